The Labute approximate surface area is 196 Å². The van der Waals surface area contributed by atoms with Crippen molar-refractivity contribution in [2.45, 2.75) is 106 Å². The summed E-state index contributed by atoms with van der Waals surface area (Å²) in [5.41, 5.74) is 2.30. The van der Waals surface area contributed by atoms with Crippen molar-refractivity contribution in [1.29, 1.82) is 0 Å². The van der Waals surface area contributed by atoms with Crippen molar-refractivity contribution in [2.75, 3.05) is 0 Å². The second-order valence-corrected chi connectivity index (χ2v) is 12.8. The van der Waals surface area contributed by atoms with Crippen LogP contribution in [0.15, 0.2) is 16.8 Å². The van der Waals surface area contributed by atoms with E-state index in [1.54, 1.807) is 0 Å². The molecule has 180 valence electrons. The maximum atomic E-state index is 12.2. The van der Waals surface area contributed by atoms with Crippen molar-refractivity contribution in [3.05, 3.63) is 11.6 Å². The fraction of sp³-hybridized carbons (Fsp3) is 0.862. The molecule has 0 aromatic heterocycles. The van der Waals surface area contributed by atoms with Crippen molar-refractivity contribution in [1.82, 2.24) is 0 Å². The van der Waals surface area contributed by atoms with Crippen LogP contribution in [-0.2, 0) is 4.79 Å². The van der Waals surface area contributed by atoms with Gasteiger partial charge < -0.3 is 5.21 Å². The van der Waals surface area contributed by atoms with Crippen molar-refractivity contribution in [3.63, 3.8) is 0 Å². The number of rotatable bonds is 6. The quantitative estimate of drug-likeness (QED) is 0.339. The van der Waals surface area contributed by atoms with E-state index in [0.717, 1.165) is 53.7 Å². The van der Waals surface area contributed by atoms with Crippen LogP contribution in [0.1, 0.15) is 106 Å². The molecule has 8 atom stereocenters. The molecular formula is C29H47NO2. The van der Waals surface area contributed by atoms with Gasteiger partial charge in [-0.1, -0.05) is 59.5 Å². The van der Waals surface area contributed by atoms with Gasteiger partial charge in [-0.25, -0.2) is 0 Å². The number of nitrogens with zero attached hydrogens (tertiary/aromatic N) is 1. The zero-order valence-corrected chi connectivity index (χ0v) is 21.5. The average Bonchev–Trinajstić information content (AvgIpc) is 3.11. The zero-order chi connectivity index (χ0) is 23.3. The topological polar surface area (TPSA) is 49.7 Å². The number of ketones is 1. The summed E-state index contributed by atoms with van der Waals surface area (Å²) in [5.74, 6) is 5.44. The van der Waals surface area contributed by atoms with Crippen molar-refractivity contribution >= 4 is 11.5 Å². The maximum absolute atomic E-state index is 12.2. The summed E-state index contributed by atoms with van der Waals surface area (Å²) in [6, 6.07) is 0. The first-order valence-electron chi connectivity index (χ1n) is 13.6. The molecule has 0 unspecified atom stereocenters. The van der Waals surface area contributed by atoms with Crippen LogP contribution in [0.4, 0.5) is 0 Å². The summed E-state index contributed by atoms with van der Waals surface area (Å²) in [5, 5.41) is 13.7. The summed E-state index contributed by atoms with van der Waals surface area (Å²) in [7, 11) is 0. The fourth-order valence-electron chi connectivity index (χ4n) is 9.17. The number of carbonyl (C=O) groups is 1. The molecule has 0 radical (unpaired) electrons. The number of fused-ring (bicyclic) bond motifs is 5. The van der Waals surface area contributed by atoms with E-state index in [0.29, 0.717) is 23.7 Å². The molecule has 0 spiro atoms. The molecule has 0 aromatic rings. The van der Waals surface area contributed by atoms with Crippen molar-refractivity contribution in [2.24, 2.45) is 57.4 Å². The number of hydrogen-bond donors (Lipinski definition) is 1. The molecule has 4 rings (SSSR count). The summed E-state index contributed by atoms with van der Waals surface area (Å²) in [4.78, 5) is 12.2. The van der Waals surface area contributed by atoms with Gasteiger partial charge in [-0.3, -0.25) is 4.79 Å². The smallest absolute Gasteiger partial charge is 0.156 e. The average molecular weight is 442 g/mol. The first-order chi connectivity index (χ1) is 15.2. The molecule has 0 bridgehead atoms. The Balaban J connectivity index is 1.54. The molecule has 1 N–H and O–H groups in total. The zero-order valence-electron chi connectivity index (χ0n) is 21.5. The third-order valence-corrected chi connectivity index (χ3v) is 11.1. The highest BCUT2D eigenvalue weighted by Gasteiger charge is 2.60. The number of allylic oxidation sites excluding steroid dienone is 1. The number of carbonyl (C=O) groups excluding carboxylic acids is 1. The van der Waals surface area contributed by atoms with Gasteiger partial charge >= 0.3 is 0 Å². The molecule has 4 aliphatic rings. The van der Waals surface area contributed by atoms with E-state index >= 15 is 0 Å². The second-order valence-electron chi connectivity index (χ2n) is 12.8. The predicted molar refractivity (Wildman–Crippen MR) is 132 cm³/mol. The minimum Gasteiger partial charge on any atom is -0.411 e. The van der Waals surface area contributed by atoms with Crippen LogP contribution in [0.3, 0.4) is 0 Å². The van der Waals surface area contributed by atoms with Gasteiger partial charge in [-0.2, -0.15) is 0 Å². The molecule has 0 aromatic carbocycles. The van der Waals surface area contributed by atoms with Crippen LogP contribution in [0.5, 0.6) is 0 Å². The van der Waals surface area contributed by atoms with Gasteiger partial charge in [0, 0.05) is 6.42 Å². The Bertz CT molecular complexity index is 782. The van der Waals surface area contributed by atoms with E-state index in [2.05, 4.69) is 46.7 Å². The molecular weight excluding hydrogens is 394 g/mol. The summed E-state index contributed by atoms with van der Waals surface area (Å²) < 4.78 is 0. The molecule has 3 heteroatoms. The third-order valence-electron chi connectivity index (χ3n) is 11.1. The van der Waals surface area contributed by atoms with Crippen LogP contribution in [0.25, 0.3) is 0 Å². The van der Waals surface area contributed by atoms with Gasteiger partial charge in [0.1, 0.15) is 0 Å². The first-order valence-corrected chi connectivity index (χ1v) is 13.6. The van der Waals surface area contributed by atoms with Crippen LogP contribution in [-0.4, -0.2) is 16.7 Å². The molecule has 4 aliphatic carbocycles. The minimum absolute atomic E-state index is 0.00896. The van der Waals surface area contributed by atoms with E-state index in [1.807, 2.05) is 6.08 Å². The van der Waals surface area contributed by atoms with E-state index < -0.39 is 0 Å². The highest BCUT2D eigenvalue weighted by atomic mass is 16.4. The number of oxime groups is 1. The summed E-state index contributed by atoms with van der Waals surface area (Å²) >= 11 is 0. The first kappa shape index (κ1) is 24.0. The molecule has 0 amide bonds. The van der Waals surface area contributed by atoms with E-state index in [9.17, 15) is 10.0 Å². The largest absolute Gasteiger partial charge is 0.411 e. The highest BCUT2D eigenvalue weighted by Crippen LogP contribution is 2.67. The lowest BCUT2D eigenvalue weighted by atomic mass is 9.46. The molecule has 0 saturated heterocycles. The normalized spacial score (nSPS) is 42.3. The van der Waals surface area contributed by atoms with Crippen LogP contribution in [0, 0.1) is 52.3 Å². The molecule has 3 fully saturated rings. The molecule has 0 aliphatic heterocycles. The predicted octanol–water partition coefficient (Wildman–Crippen LogP) is 7.67. The standard InChI is InChI=1S/C29H47NO2/c1-7-20(18(2)3)9-8-19(4)23-10-11-24-22-17-27(30-32)26-16-21(31)12-14-29(26,6)25(22)13-15-28(23,24)5/h16,18-20,22-25,32H,7-15,17H2,1-6H3/b30-27+/t19-,20-,22+,23-,24+,25+,28-,29-/m1/s1. The van der Waals surface area contributed by atoms with Gasteiger partial charge in [0.2, 0.25) is 0 Å². The maximum Gasteiger partial charge on any atom is 0.156 e. The van der Waals surface area contributed by atoms with Gasteiger partial charge in [0.25, 0.3) is 0 Å². The highest BCUT2D eigenvalue weighted by molar-refractivity contribution is 6.08. The molecule has 0 heterocycles. The fourth-order valence-corrected chi connectivity index (χ4v) is 9.17. The Kier molecular flexibility index (Phi) is 6.69. The number of hydrogen-bond acceptors (Lipinski definition) is 3. The Hall–Kier alpha value is -1.12. The van der Waals surface area contributed by atoms with Crippen LogP contribution < -0.4 is 0 Å². The lowest BCUT2D eigenvalue weighted by molar-refractivity contribution is -0.116. The Morgan fingerprint density at radius 3 is 2.50 bits per heavy atom. The van der Waals surface area contributed by atoms with Gasteiger partial charge in [0.15, 0.2) is 5.78 Å². The van der Waals surface area contributed by atoms with Gasteiger partial charge in [-0.05, 0) is 109 Å². The molecule has 3 nitrogen and oxygen atoms in total. The van der Waals surface area contributed by atoms with Crippen molar-refractivity contribution in [3.8, 4) is 0 Å². The van der Waals surface area contributed by atoms with Gasteiger partial charge in [0.05, 0.1) is 5.71 Å². The monoisotopic (exact) mass is 441 g/mol. The SMILES string of the molecule is CC[C@H](CC[C@@H](C)[C@H]1CC[C@H]2[C@@H]3C/C(=N\O)C4=CC(=O)CC[C@]4(C)[C@H]3CC[C@]12C)C(C)C. The van der Waals surface area contributed by atoms with Crippen molar-refractivity contribution < 1.29 is 10.0 Å². The third kappa shape index (κ3) is 3.80. The minimum atomic E-state index is 0.00896. The molecule has 3 saturated carbocycles. The van der Waals surface area contributed by atoms with E-state index in [4.69, 9.17) is 0 Å². The summed E-state index contributed by atoms with van der Waals surface area (Å²) in [6.07, 6.45) is 13.6. The van der Waals surface area contributed by atoms with Gasteiger partial charge in [-0.15, -0.1) is 0 Å². The second kappa shape index (κ2) is 8.91. The Morgan fingerprint density at radius 2 is 1.84 bits per heavy atom. The molecule has 32 heavy (non-hydrogen) atoms. The Morgan fingerprint density at radius 1 is 1.09 bits per heavy atom. The lowest BCUT2D eigenvalue weighted by Crippen LogP contribution is -2.53. The summed E-state index contributed by atoms with van der Waals surface area (Å²) in [6.45, 7) is 14.6. The van der Waals surface area contributed by atoms with Crippen LogP contribution in [0.2, 0.25) is 0 Å². The van der Waals surface area contributed by atoms with E-state index in [1.165, 1.54) is 44.9 Å². The van der Waals surface area contributed by atoms with Crippen LogP contribution >= 0.6 is 0 Å². The van der Waals surface area contributed by atoms with E-state index in [-0.39, 0.29) is 11.2 Å². The lowest BCUT2D eigenvalue weighted by Gasteiger charge is -2.58.